The molecule has 1 aromatic heterocycles. The molecule has 2 N–H and O–H groups in total. The molecule has 1 aromatic carbocycles. The molecule has 118 valence electrons. The van der Waals surface area contributed by atoms with E-state index < -0.39 is 23.8 Å². The second-order valence-electron chi connectivity index (χ2n) is 4.55. The van der Waals surface area contributed by atoms with Crippen molar-refractivity contribution in [2.75, 3.05) is 5.32 Å². The summed E-state index contributed by atoms with van der Waals surface area (Å²) in [7, 11) is 0. The highest BCUT2D eigenvalue weighted by atomic mass is 19.4. The Bertz CT molecular complexity index is 652. The summed E-state index contributed by atoms with van der Waals surface area (Å²) < 4.78 is 42.4. The van der Waals surface area contributed by atoms with E-state index in [2.05, 4.69) is 20.8 Å². The molecule has 0 saturated heterocycles. The van der Waals surface area contributed by atoms with Gasteiger partial charge < -0.3 is 15.1 Å². The van der Waals surface area contributed by atoms with Gasteiger partial charge in [-0.15, -0.1) is 10.2 Å². The third-order valence-electron chi connectivity index (χ3n) is 2.73. The molecule has 0 aliphatic rings. The van der Waals surface area contributed by atoms with Crippen molar-refractivity contribution in [1.29, 1.82) is 0 Å². The Morgan fingerprint density at radius 1 is 1.23 bits per heavy atom. The van der Waals surface area contributed by atoms with Crippen LogP contribution in [-0.4, -0.2) is 16.2 Å². The van der Waals surface area contributed by atoms with Crippen LogP contribution in [0.2, 0.25) is 0 Å². The van der Waals surface area contributed by atoms with E-state index in [-0.39, 0.29) is 11.6 Å². The van der Waals surface area contributed by atoms with E-state index in [9.17, 15) is 18.0 Å². The standard InChI is InChI=1S/C13H13F3N4O2/c1-7(11-20-19-8(2)22-11)17-12(21)18-10-5-3-9(4-6-10)13(14,15)16/h3-7H,1-2H3,(H2,17,18,21)/t7-/m1/s1. The first kappa shape index (κ1) is 15.8. The fraction of sp³-hybridized carbons (Fsp3) is 0.308. The molecule has 0 radical (unpaired) electrons. The van der Waals surface area contributed by atoms with Gasteiger partial charge in [0.25, 0.3) is 0 Å². The third kappa shape index (κ3) is 3.96. The first-order valence-electron chi connectivity index (χ1n) is 6.30. The first-order chi connectivity index (χ1) is 10.3. The molecule has 2 aromatic rings. The molecule has 2 amide bonds. The molecular weight excluding hydrogens is 301 g/mol. The van der Waals surface area contributed by atoms with E-state index >= 15 is 0 Å². The number of benzene rings is 1. The second-order valence-corrected chi connectivity index (χ2v) is 4.55. The summed E-state index contributed by atoms with van der Waals surface area (Å²) in [5.74, 6) is 0.604. The molecule has 9 heteroatoms. The molecule has 0 spiro atoms. The largest absolute Gasteiger partial charge is 0.423 e. The maximum atomic E-state index is 12.4. The number of anilines is 1. The summed E-state index contributed by atoms with van der Waals surface area (Å²) in [6, 6.07) is 2.99. The summed E-state index contributed by atoms with van der Waals surface area (Å²) in [4.78, 5) is 11.8. The predicted octanol–water partition coefficient (Wildman–Crippen LogP) is 3.28. The van der Waals surface area contributed by atoms with Crippen molar-refractivity contribution in [3.05, 3.63) is 41.6 Å². The van der Waals surface area contributed by atoms with Gasteiger partial charge in [-0.1, -0.05) is 0 Å². The van der Waals surface area contributed by atoms with Gasteiger partial charge in [0.2, 0.25) is 11.8 Å². The highest BCUT2D eigenvalue weighted by Crippen LogP contribution is 2.29. The second kappa shape index (κ2) is 6.04. The number of aryl methyl sites for hydroxylation is 1. The Hall–Kier alpha value is -2.58. The highest BCUT2D eigenvalue weighted by Gasteiger charge is 2.30. The zero-order valence-corrected chi connectivity index (χ0v) is 11.7. The van der Waals surface area contributed by atoms with Crippen molar-refractivity contribution in [3.8, 4) is 0 Å². The number of urea groups is 1. The van der Waals surface area contributed by atoms with Gasteiger partial charge in [-0.3, -0.25) is 0 Å². The average Bonchev–Trinajstić information content (AvgIpc) is 2.85. The molecule has 0 fully saturated rings. The molecule has 0 bridgehead atoms. The van der Waals surface area contributed by atoms with Crippen molar-refractivity contribution in [1.82, 2.24) is 15.5 Å². The normalized spacial score (nSPS) is 12.8. The SMILES string of the molecule is Cc1nnc([C@@H](C)NC(=O)Nc2ccc(C(F)(F)F)cc2)o1. The zero-order chi connectivity index (χ0) is 16.3. The number of aromatic nitrogens is 2. The van der Waals surface area contributed by atoms with Crippen LogP contribution in [0.5, 0.6) is 0 Å². The molecule has 0 aliphatic heterocycles. The zero-order valence-electron chi connectivity index (χ0n) is 11.7. The molecule has 6 nitrogen and oxygen atoms in total. The number of nitrogens with zero attached hydrogens (tertiary/aromatic N) is 2. The van der Waals surface area contributed by atoms with Gasteiger partial charge in [0, 0.05) is 12.6 Å². The predicted molar refractivity (Wildman–Crippen MR) is 71.0 cm³/mol. The molecule has 1 heterocycles. The van der Waals surface area contributed by atoms with Crippen LogP contribution in [0.3, 0.4) is 0 Å². The van der Waals surface area contributed by atoms with Gasteiger partial charge in [0.15, 0.2) is 0 Å². The molecule has 0 saturated carbocycles. The molecule has 22 heavy (non-hydrogen) atoms. The van der Waals surface area contributed by atoms with Gasteiger partial charge in [-0.25, -0.2) is 4.79 Å². The monoisotopic (exact) mass is 314 g/mol. The summed E-state index contributed by atoms with van der Waals surface area (Å²) >= 11 is 0. The topological polar surface area (TPSA) is 80.0 Å². The fourth-order valence-corrected chi connectivity index (χ4v) is 1.65. The van der Waals surface area contributed by atoms with Crippen LogP contribution in [0.15, 0.2) is 28.7 Å². The average molecular weight is 314 g/mol. The van der Waals surface area contributed by atoms with Gasteiger partial charge in [0.05, 0.1) is 5.56 Å². The number of rotatable bonds is 3. The third-order valence-corrected chi connectivity index (χ3v) is 2.73. The van der Waals surface area contributed by atoms with Crippen molar-refractivity contribution in [3.63, 3.8) is 0 Å². The minimum Gasteiger partial charge on any atom is -0.423 e. The summed E-state index contributed by atoms with van der Waals surface area (Å²) in [5.41, 5.74) is -0.549. The number of amides is 2. The van der Waals surface area contributed by atoms with E-state index in [1.165, 1.54) is 12.1 Å². The Labute approximate surface area is 123 Å². The van der Waals surface area contributed by atoms with Gasteiger partial charge >= 0.3 is 12.2 Å². The molecular formula is C13H13F3N4O2. The Morgan fingerprint density at radius 3 is 2.36 bits per heavy atom. The minimum absolute atomic E-state index is 0.236. The van der Waals surface area contributed by atoms with Crippen molar-refractivity contribution in [2.24, 2.45) is 0 Å². The van der Waals surface area contributed by atoms with Crippen molar-refractivity contribution in [2.45, 2.75) is 26.1 Å². The summed E-state index contributed by atoms with van der Waals surface area (Å²) in [6.07, 6.45) is -4.41. The quantitative estimate of drug-likeness (QED) is 0.911. The molecule has 0 unspecified atom stereocenters. The number of carbonyl (C=O) groups is 1. The number of hydrogen-bond acceptors (Lipinski definition) is 4. The van der Waals surface area contributed by atoms with Crippen molar-refractivity contribution >= 4 is 11.7 Å². The number of halogens is 3. The minimum atomic E-state index is -4.41. The van der Waals surface area contributed by atoms with E-state index in [4.69, 9.17) is 4.42 Å². The molecule has 1 atom stereocenters. The lowest BCUT2D eigenvalue weighted by molar-refractivity contribution is -0.137. The summed E-state index contributed by atoms with van der Waals surface area (Å²) in [6.45, 7) is 3.25. The molecule has 0 aliphatic carbocycles. The Kier molecular flexibility index (Phi) is 4.34. The van der Waals surface area contributed by atoms with E-state index in [1.54, 1.807) is 13.8 Å². The number of hydrogen-bond donors (Lipinski definition) is 2. The number of carbonyl (C=O) groups excluding carboxylic acids is 1. The maximum absolute atomic E-state index is 12.4. The fourth-order valence-electron chi connectivity index (χ4n) is 1.65. The van der Waals surface area contributed by atoms with Crippen LogP contribution in [-0.2, 0) is 6.18 Å². The number of alkyl halides is 3. The Balaban J connectivity index is 1.94. The van der Waals surface area contributed by atoms with Gasteiger partial charge in [-0.2, -0.15) is 13.2 Å². The van der Waals surface area contributed by atoms with Crippen LogP contribution in [0.25, 0.3) is 0 Å². The first-order valence-corrected chi connectivity index (χ1v) is 6.30. The van der Waals surface area contributed by atoms with Gasteiger partial charge in [-0.05, 0) is 31.2 Å². The van der Waals surface area contributed by atoms with Crippen LogP contribution < -0.4 is 10.6 Å². The Morgan fingerprint density at radius 2 is 1.86 bits per heavy atom. The summed E-state index contributed by atoms with van der Waals surface area (Å²) in [5, 5.41) is 12.4. The van der Waals surface area contributed by atoms with E-state index in [1.807, 2.05) is 0 Å². The lowest BCUT2D eigenvalue weighted by Gasteiger charge is -2.12. The van der Waals surface area contributed by atoms with E-state index in [0.717, 1.165) is 12.1 Å². The van der Waals surface area contributed by atoms with Gasteiger partial charge in [0.1, 0.15) is 6.04 Å². The molecule has 2 rings (SSSR count). The lowest BCUT2D eigenvalue weighted by atomic mass is 10.2. The van der Waals surface area contributed by atoms with Crippen LogP contribution in [0.4, 0.5) is 23.7 Å². The number of nitrogens with one attached hydrogen (secondary N) is 2. The van der Waals surface area contributed by atoms with Crippen LogP contribution in [0.1, 0.15) is 30.3 Å². The maximum Gasteiger partial charge on any atom is 0.416 e. The van der Waals surface area contributed by atoms with E-state index in [0.29, 0.717) is 5.89 Å². The smallest absolute Gasteiger partial charge is 0.416 e. The van der Waals surface area contributed by atoms with Crippen molar-refractivity contribution < 1.29 is 22.4 Å². The lowest BCUT2D eigenvalue weighted by Crippen LogP contribution is -2.31. The van der Waals surface area contributed by atoms with Crippen LogP contribution in [0, 0.1) is 6.92 Å². The van der Waals surface area contributed by atoms with Crippen LogP contribution >= 0.6 is 0 Å². The highest BCUT2D eigenvalue weighted by molar-refractivity contribution is 5.89.